The van der Waals surface area contributed by atoms with Gasteiger partial charge in [0, 0.05) is 43.8 Å². The molecule has 0 saturated heterocycles. The molecule has 52 heavy (non-hydrogen) atoms. The summed E-state index contributed by atoms with van der Waals surface area (Å²) in [5.41, 5.74) is 11.1. The third-order valence-corrected chi connectivity index (χ3v) is 9.88. The summed E-state index contributed by atoms with van der Waals surface area (Å²) in [4.78, 5) is 10.2. The summed E-state index contributed by atoms with van der Waals surface area (Å²) in [5.74, 6) is 0.544. The average molecular weight is 665 g/mol. The minimum atomic E-state index is 0.446. The van der Waals surface area contributed by atoms with E-state index >= 15 is 0 Å². The Labute approximate surface area is 299 Å². The number of para-hydroxylation sites is 2. The van der Waals surface area contributed by atoms with E-state index in [9.17, 15) is 5.26 Å². The number of benzene rings is 7. The summed E-state index contributed by atoms with van der Waals surface area (Å²) >= 11 is 0. The highest BCUT2D eigenvalue weighted by atomic mass is 16.3. The molecule has 0 aliphatic carbocycles. The molecule has 242 valence electrons. The van der Waals surface area contributed by atoms with E-state index in [-0.39, 0.29) is 0 Å². The molecule has 0 fully saturated rings. The van der Waals surface area contributed by atoms with Gasteiger partial charge in [0.2, 0.25) is 0 Å². The van der Waals surface area contributed by atoms with Gasteiger partial charge in [-0.3, -0.25) is 0 Å². The molecule has 0 radical (unpaired) electrons. The van der Waals surface area contributed by atoms with Crippen LogP contribution in [0.25, 0.3) is 94.5 Å². The van der Waals surface area contributed by atoms with Crippen LogP contribution in [0.3, 0.4) is 0 Å². The molecule has 0 aliphatic heterocycles. The van der Waals surface area contributed by atoms with Crippen LogP contribution in [-0.4, -0.2) is 14.5 Å². The number of fused-ring (bicyclic) bond motifs is 7. The zero-order chi connectivity index (χ0) is 34.6. The van der Waals surface area contributed by atoms with Gasteiger partial charge in [0.1, 0.15) is 17.2 Å². The Morgan fingerprint density at radius 3 is 1.75 bits per heavy atom. The van der Waals surface area contributed by atoms with E-state index in [4.69, 9.17) is 14.4 Å². The van der Waals surface area contributed by atoms with Crippen molar-refractivity contribution in [3.05, 3.63) is 175 Å². The van der Waals surface area contributed by atoms with Gasteiger partial charge in [0.25, 0.3) is 0 Å². The lowest BCUT2D eigenvalue weighted by atomic mass is 9.98. The molecule has 3 aromatic heterocycles. The fraction of sp³-hybridized carbons (Fsp3) is 0. The number of nitrogens with zero attached hydrogens (tertiary/aromatic N) is 4. The normalized spacial score (nSPS) is 11.4. The lowest BCUT2D eigenvalue weighted by Crippen LogP contribution is -2.02. The molecule has 7 aromatic carbocycles. The van der Waals surface area contributed by atoms with Crippen molar-refractivity contribution >= 4 is 43.7 Å². The van der Waals surface area contributed by atoms with Crippen LogP contribution in [0.2, 0.25) is 0 Å². The molecule has 5 heteroatoms. The molecule has 10 aromatic rings. The third-order valence-electron chi connectivity index (χ3n) is 9.88. The van der Waals surface area contributed by atoms with Crippen LogP contribution in [0.5, 0.6) is 0 Å². The Kier molecular flexibility index (Phi) is 6.80. The smallest absolute Gasteiger partial charge is 0.160 e. The third kappa shape index (κ3) is 4.63. The van der Waals surface area contributed by atoms with Gasteiger partial charge in [0.05, 0.1) is 28.1 Å². The molecule has 0 bridgehead atoms. The van der Waals surface area contributed by atoms with E-state index in [1.165, 1.54) is 0 Å². The van der Waals surface area contributed by atoms with Gasteiger partial charge < -0.3 is 8.98 Å². The van der Waals surface area contributed by atoms with Crippen LogP contribution in [0.15, 0.2) is 174 Å². The second-order valence-electron chi connectivity index (χ2n) is 12.9. The number of aromatic nitrogens is 3. The van der Waals surface area contributed by atoms with Crippen LogP contribution < -0.4 is 0 Å². The number of hydrogen-bond acceptors (Lipinski definition) is 4. The molecular weight excluding hydrogens is 637 g/mol. The summed E-state index contributed by atoms with van der Waals surface area (Å²) in [5, 5.41) is 14.9. The Bertz CT molecular complexity index is 2950. The van der Waals surface area contributed by atoms with Crippen molar-refractivity contribution in [1.82, 2.24) is 14.5 Å². The number of hydrogen-bond donors (Lipinski definition) is 0. The molecular formula is C47H28N4O. The summed E-state index contributed by atoms with van der Waals surface area (Å²) in [7, 11) is 0. The average Bonchev–Trinajstić information content (AvgIpc) is 3.77. The first-order valence-corrected chi connectivity index (χ1v) is 17.2. The fourth-order valence-electron chi connectivity index (χ4n) is 7.51. The van der Waals surface area contributed by atoms with Crippen molar-refractivity contribution in [2.24, 2.45) is 0 Å². The summed E-state index contributed by atoms with van der Waals surface area (Å²) in [6.45, 7) is 0. The predicted molar refractivity (Wildman–Crippen MR) is 210 cm³/mol. The van der Waals surface area contributed by atoms with Gasteiger partial charge in [-0.25, -0.2) is 9.97 Å². The summed E-state index contributed by atoms with van der Waals surface area (Å²) < 4.78 is 9.00. The summed E-state index contributed by atoms with van der Waals surface area (Å²) in [6.07, 6.45) is 0. The quantitative estimate of drug-likeness (QED) is 0.184. The van der Waals surface area contributed by atoms with Crippen molar-refractivity contribution in [3.8, 4) is 56.8 Å². The van der Waals surface area contributed by atoms with Crippen molar-refractivity contribution < 1.29 is 4.42 Å². The zero-order valence-electron chi connectivity index (χ0n) is 27.9. The maximum Gasteiger partial charge on any atom is 0.160 e. The van der Waals surface area contributed by atoms with Gasteiger partial charge in [-0.2, -0.15) is 5.26 Å². The van der Waals surface area contributed by atoms with Crippen LogP contribution in [0, 0.1) is 11.3 Å². The van der Waals surface area contributed by atoms with Crippen LogP contribution in [0.4, 0.5) is 0 Å². The van der Waals surface area contributed by atoms with E-state index in [1.807, 2.05) is 78.9 Å². The van der Waals surface area contributed by atoms with E-state index in [0.717, 1.165) is 77.2 Å². The minimum absolute atomic E-state index is 0.446. The van der Waals surface area contributed by atoms with Gasteiger partial charge >= 0.3 is 0 Å². The first-order valence-electron chi connectivity index (χ1n) is 17.2. The van der Waals surface area contributed by atoms with E-state index in [0.29, 0.717) is 22.8 Å². The standard InChI is InChI=1S/C47H28N4O/c48-29-39-43(31-16-6-2-7-17-31)49-47(50-44(39)32-18-8-3-9-19-32)33-24-27-41(38(28-33)30-14-4-1-5-15-30)51-40-22-12-10-20-34(40)36-25-26-37-35-21-11-13-23-42(35)52-46(37)45(36)51/h1-28H. The zero-order valence-corrected chi connectivity index (χ0v) is 27.9. The topological polar surface area (TPSA) is 67.6 Å². The highest BCUT2D eigenvalue weighted by molar-refractivity contribution is 6.21. The molecule has 3 heterocycles. The van der Waals surface area contributed by atoms with Crippen LogP contribution >= 0.6 is 0 Å². The lowest BCUT2D eigenvalue weighted by Gasteiger charge is -2.17. The maximum absolute atomic E-state index is 10.5. The Hall–Kier alpha value is -7.29. The molecule has 0 saturated carbocycles. The maximum atomic E-state index is 10.5. The second-order valence-corrected chi connectivity index (χ2v) is 12.9. The monoisotopic (exact) mass is 664 g/mol. The minimum Gasteiger partial charge on any atom is -0.454 e. The van der Waals surface area contributed by atoms with Crippen molar-refractivity contribution in [2.75, 3.05) is 0 Å². The van der Waals surface area contributed by atoms with Crippen LogP contribution in [-0.2, 0) is 0 Å². The SMILES string of the molecule is N#Cc1c(-c2ccccc2)nc(-c2ccc(-n3c4ccccc4c4ccc5c6ccccc6oc5c43)c(-c3ccccc3)c2)nc1-c1ccccc1. The largest absolute Gasteiger partial charge is 0.454 e. The second kappa shape index (κ2) is 11.9. The highest BCUT2D eigenvalue weighted by Crippen LogP contribution is 2.43. The molecule has 0 N–H and O–H groups in total. The Balaban J connectivity index is 1.28. The molecule has 10 rings (SSSR count). The number of rotatable bonds is 5. The first kappa shape index (κ1) is 29.6. The van der Waals surface area contributed by atoms with Gasteiger partial charge in [-0.1, -0.05) is 133 Å². The molecule has 0 amide bonds. The van der Waals surface area contributed by atoms with E-state index in [2.05, 4.69) is 102 Å². The lowest BCUT2D eigenvalue weighted by molar-refractivity contribution is 0.671. The Morgan fingerprint density at radius 2 is 1.08 bits per heavy atom. The first-order chi connectivity index (χ1) is 25.8. The van der Waals surface area contributed by atoms with Crippen molar-refractivity contribution in [3.63, 3.8) is 0 Å². The van der Waals surface area contributed by atoms with E-state index < -0.39 is 0 Å². The van der Waals surface area contributed by atoms with Gasteiger partial charge in [-0.15, -0.1) is 0 Å². The van der Waals surface area contributed by atoms with Crippen molar-refractivity contribution in [1.29, 1.82) is 5.26 Å². The van der Waals surface area contributed by atoms with Crippen LogP contribution in [0.1, 0.15) is 5.56 Å². The highest BCUT2D eigenvalue weighted by Gasteiger charge is 2.23. The molecule has 0 spiro atoms. The Morgan fingerprint density at radius 1 is 0.500 bits per heavy atom. The van der Waals surface area contributed by atoms with Gasteiger partial charge in [0.15, 0.2) is 11.4 Å². The number of nitriles is 1. The fourth-order valence-corrected chi connectivity index (χ4v) is 7.51. The predicted octanol–water partition coefficient (Wildman–Crippen LogP) is 12.0. The molecule has 0 aliphatic rings. The van der Waals surface area contributed by atoms with E-state index in [1.54, 1.807) is 0 Å². The summed E-state index contributed by atoms with van der Waals surface area (Å²) in [6, 6.07) is 60.2. The molecule has 5 nitrogen and oxygen atoms in total. The molecule has 0 unspecified atom stereocenters. The van der Waals surface area contributed by atoms with Gasteiger partial charge in [-0.05, 0) is 42.0 Å². The molecule has 0 atom stereocenters. The van der Waals surface area contributed by atoms with Crippen molar-refractivity contribution in [2.45, 2.75) is 0 Å². The number of furan rings is 1.